The molecular formula is C16H28Cl2N4OS. The van der Waals surface area contributed by atoms with Crippen molar-refractivity contribution in [3.8, 4) is 0 Å². The summed E-state index contributed by atoms with van der Waals surface area (Å²) >= 11 is 1.77. The average Bonchev–Trinajstić information content (AvgIpc) is 3.00. The molecule has 0 radical (unpaired) electrons. The number of halogens is 2. The van der Waals surface area contributed by atoms with Crippen LogP contribution in [0.2, 0.25) is 0 Å². The van der Waals surface area contributed by atoms with Crippen molar-refractivity contribution in [2.75, 3.05) is 39.3 Å². The molecule has 0 bridgehead atoms. The fraction of sp³-hybridized carbons (Fsp3) is 0.750. The first-order valence-electron chi connectivity index (χ1n) is 8.38. The van der Waals surface area contributed by atoms with Crippen LogP contribution in [0.3, 0.4) is 0 Å². The number of carbonyl (C=O) groups excluding carboxylic acids is 1. The molecule has 138 valence electrons. The molecule has 0 aromatic carbocycles. The van der Waals surface area contributed by atoms with Gasteiger partial charge in [0.15, 0.2) is 0 Å². The quantitative estimate of drug-likeness (QED) is 0.852. The van der Waals surface area contributed by atoms with Crippen molar-refractivity contribution >= 4 is 42.1 Å². The number of thiazole rings is 1. The predicted octanol–water partition coefficient (Wildman–Crippen LogP) is 2.64. The third-order valence-electron chi connectivity index (χ3n) is 4.62. The summed E-state index contributed by atoms with van der Waals surface area (Å²) < 4.78 is 0. The predicted molar refractivity (Wildman–Crippen MR) is 104 cm³/mol. The average molecular weight is 395 g/mol. The molecule has 24 heavy (non-hydrogen) atoms. The van der Waals surface area contributed by atoms with E-state index in [0.717, 1.165) is 45.0 Å². The molecule has 2 saturated heterocycles. The molecule has 0 aliphatic carbocycles. The third-order valence-corrected chi connectivity index (χ3v) is 5.68. The Labute approximate surface area is 161 Å². The van der Waals surface area contributed by atoms with Gasteiger partial charge < -0.3 is 10.2 Å². The molecule has 3 rings (SSSR count). The van der Waals surface area contributed by atoms with Crippen LogP contribution in [0.15, 0.2) is 5.38 Å². The van der Waals surface area contributed by atoms with Gasteiger partial charge in [0.25, 0.3) is 0 Å². The summed E-state index contributed by atoms with van der Waals surface area (Å²) in [5, 5.41) is 6.66. The second-order valence-corrected chi connectivity index (χ2v) is 7.15. The van der Waals surface area contributed by atoms with Crippen LogP contribution in [-0.2, 0) is 4.79 Å². The van der Waals surface area contributed by atoms with E-state index in [1.54, 1.807) is 11.3 Å². The molecule has 1 amide bonds. The molecule has 1 aromatic rings. The Morgan fingerprint density at radius 1 is 1.29 bits per heavy atom. The van der Waals surface area contributed by atoms with E-state index in [0.29, 0.717) is 18.4 Å². The molecule has 2 aliphatic heterocycles. The number of aryl methyl sites for hydroxylation is 1. The van der Waals surface area contributed by atoms with Crippen molar-refractivity contribution in [2.24, 2.45) is 0 Å². The van der Waals surface area contributed by atoms with Crippen LogP contribution >= 0.6 is 36.2 Å². The highest BCUT2D eigenvalue weighted by Crippen LogP contribution is 2.32. The summed E-state index contributed by atoms with van der Waals surface area (Å²) in [7, 11) is 0. The first kappa shape index (κ1) is 21.6. The van der Waals surface area contributed by atoms with Crippen molar-refractivity contribution in [3.63, 3.8) is 0 Å². The zero-order valence-electron chi connectivity index (χ0n) is 14.2. The summed E-state index contributed by atoms with van der Waals surface area (Å²) in [5.41, 5.74) is 1.11. The second-order valence-electron chi connectivity index (χ2n) is 6.26. The molecular weight excluding hydrogens is 367 g/mol. The van der Waals surface area contributed by atoms with Crippen LogP contribution in [0.4, 0.5) is 0 Å². The lowest BCUT2D eigenvalue weighted by Crippen LogP contribution is -2.47. The molecule has 3 heterocycles. The van der Waals surface area contributed by atoms with Crippen molar-refractivity contribution < 1.29 is 4.79 Å². The number of likely N-dealkylation sites (tertiary alicyclic amines) is 1. The Morgan fingerprint density at radius 2 is 2.04 bits per heavy atom. The van der Waals surface area contributed by atoms with Crippen LogP contribution in [0.1, 0.15) is 42.4 Å². The van der Waals surface area contributed by atoms with Gasteiger partial charge in [0.1, 0.15) is 5.01 Å². The number of piperazine rings is 1. The summed E-state index contributed by atoms with van der Waals surface area (Å²) in [5.74, 6) is 0.307. The number of nitrogens with zero attached hydrogens (tertiary/aromatic N) is 3. The van der Waals surface area contributed by atoms with Gasteiger partial charge in [-0.2, -0.15) is 0 Å². The highest BCUT2D eigenvalue weighted by atomic mass is 35.5. The lowest BCUT2D eigenvalue weighted by atomic mass is 10.0. The molecule has 5 nitrogen and oxygen atoms in total. The number of piperidine rings is 1. The standard InChI is InChI=1S/C16H26N4OS.2ClH/c1-13-12-22-16(18-13)14-4-2-3-8-19(14)9-5-15(21)20-10-6-17-7-11-20;;/h12,14,17H,2-11H2,1H3;2*1H. The number of amides is 1. The highest BCUT2D eigenvalue weighted by molar-refractivity contribution is 7.09. The van der Waals surface area contributed by atoms with Gasteiger partial charge in [-0.25, -0.2) is 4.98 Å². The Kier molecular flexibility index (Phi) is 9.52. The van der Waals surface area contributed by atoms with E-state index >= 15 is 0 Å². The van der Waals surface area contributed by atoms with Crippen LogP contribution in [0.5, 0.6) is 0 Å². The largest absolute Gasteiger partial charge is 0.340 e. The minimum Gasteiger partial charge on any atom is -0.340 e. The van der Waals surface area contributed by atoms with Crippen molar-refractivity contribution in [2.45, 2.75) is 38.6 Å². The molecule has 2 aliphatic rings. The molecule has 1 aromatic heterocycles. The number of rotatable bonds is 4. The number of aromatic nitrogens is 1. The molecule has 0 spiro atoms. The van der Waals surface area contributed by atoms with Crippen LogP contribution in [-0.4, -0.2) is 60.0 Å². The van der Waals surface area contributed by atoms with E-state index < -0.39 is 0 Å². The first-order valence-corrected chi connectivity index (χ1v) is 9.26. The summed E-state index contributed by atoms with van der Waals surface area (Å²) in [4.78, 5) is 21.5. The summed E-state index contributed by atoms with van der Waals surface area (Å²) in [6.45, 7) is 7.58. The fourth-order valence-corrected chi connectivity index (χ4v) is 4.34. The van der Waals surface area contributed by atoms with E-state index in [1.807, 2.05) is 4.90 Å². The normalized spacial score (nSPS) is 21.7. The summed E-state index contributed by atoms with van der Waals surface area (Å²) in [6, 6.07) is 0.420. The number of carbonyl (C=O) groups is 1. The van der Waals surface area contributed by atoms with E-state index in [9.17, 15) is 4.79 Å². The first-order chi connectivity index (χ1) is 10.7. The monoisotopic (exact) mass is 394 g/mol. The smallest absolute Gasteiger partial charge is 0.223 e. The minimum atomic E-state index is 0. The Hall–Kier alpha value is -0.400. The SMILES string of the molecule is Cc1csc(C2CCCCN2CCC(=O)N2CCNCC2)n1.Cl.Cl. The maximum absolute atomic E-state index is 12.3. The van der Waals surface area contributed by atoms with E-state index in [4.69, 9.17) is 0 Å². The van der Waals surface area contributed by atoms with Crippen molar-refractivity contribution in [3.05, 3.63) is 16.1 Å². The van der Waals surface area contributed by atoms with Gasteiger partial charge in [-0.1, -0.05) is 6.42 Å². The van der Waals surface area contributed by atoms with Crippen LogP contribution < -0.4 is 5.32 Å². The van der Waals surface area contributed by atoms with Crippen LogP contribution in [0.25, 0.3) is 0 Å². The number of hydrogen-bond acceptors (Lipinski definition) is 5. The van der Waals surface area contributed by atoms with Gasteiger partial charge in [0.05, 0.1) is 6.04 Å². The number of hydrogen-bond donors (Lipinski definition) is 1. The van der Waals surface area contributed by atoms with E-state index in [1.165, 1.54) is 24.3 Å². The zero-order chi connectivity index (χ0) is 15.4. The van der Waals surface area contributed by atoms with Gasteiger partial charge >= 0.3 is 0 Å². The van der Waals surface area contributed by atoms with Crippen molar-refractivity contribution in [1.82, 2.24) is 20.1 Å². The van der Waals surface area contributed by atoms with Gasteiger partial charge in [0, 0.05) is 50.2 Å². The Bertz CT molecular complexity index is 508. The fourth-order valence-electron chi connectivity index (χ4n) is 3.38. The second kappa shape index (κ2) is 10.6. The number of nitrogens with one attached hydrogen (secondary N) is 1. The van der Waals surface area contributed by atoms with Gasteiger partial charge in [-0.05, 0) is 26.3 Å². The maximum atomic E-state index is 12.3. The molecule has 0 saturated carbocycles. The Morgan fingerprint density at radius 3 is 2.71 bits per heavy atom. The zero-order valence-corrected chi connectivity index (χ0v) is 16.6. The van der Waals surface area contributed by atoms with Gasteiger partial charge in [-0.15, -0.1) is 36.2 Å². The Balaban J connectivity index is 0.00000144. The van der Waals surface area contributed by atoms with Gasteiger partial charge in [-0.3, -0.25) is 9.69 Å². The molecule has 1 atom stereocenters. The topological polar surface area (TPSA) is 48.5 Å². The minimum absolute atomic E-state index is 0. The van der Waals surface area contributed by atoms with Crippen LogP contribution in [0, 0.1) is 6.92 Å². The summed E-state index contributed by atoms with van der Waals surface area (Å²) in [6.07, 6.45) is 4.32. The third kappa shape index (κ3) is 5.56. The van der Waals surface area contributed by atoms with E-state index in [2.05, 4.69) is 27.5 Å². The lowest BCUT2D eigenvalue weighted by molar-refractivity contribution is -0.132. The molecule has 8 heteroatoms. The molecule has 1 unspecified atom stereocenters. The highest BCUT2D eigenvalue weighted by Gasteiger charge is 2.27. The van der Waals surface area contributed by atoms with E-state index in [-0.39, 0.29) is 24.8 Å². The molecule has 1 N–H and O–H groups in total. The lowest BCUT2D eigenvalue weighted by Gasteiger charge is -2.35. The van der Waals surface area contributed by atoms with Gasteiger partial charge in [0.2, 0.25) is 5.91 Å². The van der Waals surface area contributed by atoms with Crippen molar-refractivity contribution in [1.29, 1.82) is 0 Å². The maximum Gasteiger partial charge on any atom is 0.223 e. The molecule has 2 fully saturated rings.